The smallest absolute Gasteiger partial charge is 0.422 e. The summed E-state index contributed by atoms with van der Waals surface area (Å²) in [4.78, 5) is 10.2. The average molecular weight is 362 g/mol. The van der Waals surface area contributed by atoms with Gasteiger partial charge in [0, 0.05) is 18.1 Å². The second-order valence-electron chi connectivity index (χ2n) is 6.07. The highest BCUT2D eigenvalue weighted by Gasteiger charge is 2.33. The molecule has 4 heterocycles. The number of halogens is 3. The number of aromatic nitrogens is 5. The summed E-state index contributed by atoms with van der Waals surface area (Å²) < 4.78 is 46.0. The van der Waals surface area contributed by atoms with Gasteiger partial charge in [-0.2, -0.15) is 13.2 Å². The molecule has 134 valence electrons. The number of rotatable bonds is 3. The van der Waals surface area contributed by atoms with Gasteiger partial charge in [-0.25, -0.2) is 9.97 Å². The molecule has 10 heteroatoms. The standard InChI is InChI=1S/C16H13F3N6O/c1-24(2)6-9-5-13-21-11(15-23-20-8-26-15)7-25(13)14-10(9)3-4-12(22-14)16(17,18)19/h3-5,7-8H,6H2,1-2H3. The summed E-state index contributed by atoms with van der Waals surface area (Å²) in [6.45, 7) is 0.531. The molecular weight excluding hydrogens is 349 g/mol. The molecule has 4 aromatic heterocycles. The fraction of sp³-hybridized carbons (Fsp3) is 0.250. The average Bonchev–Trinajstić information content (AvgIpc) is 3.22. The predicted molar refractivity (Wildman–Crippen MR) is 86.2 cm³/mol. The minimum absolute atomic E-state index is 0.174. The maximum atomic E-state index is 13.1. The molecule has 0 aliphatic heterocycles. The van der Waals surface area contributed by atoms with Crippen molar-refractivity contribution < 1.29 is 17.6 Å². The van der Waals surface area contributed by atoms with Crippen molar-refractivity contribution in [1.82, 2.24) is 29.5 Å². The largest absolute Gasteiger partial charge is 0.433 e. The van der Waals surface area contributed by atoms with E-state index in [0.717, 1.165) is 18.0 Å². The van der Waals surface area contributed by atoms with Crippen molar-refractivity contribution in [2.75, 3.05) is 14.1 Å². The van der Waals surface area contributed by atoms with Gasteiger partial charge in [0.05, 0.1) is 0 Å². The molecule has 4 rings (SSSR count). The second-order valence-corrected chi connectivity index (χ2v) is 6.07. The number of hydrogen-bond donors (Lipinski definition) is 0. The Morgan fingerprint density at radius 3 is 2.65 bits per heavy atom. The quantitative estimate of drug-likeness (QED) is 0.558. The fourth-order valence-corrected chi connectivity index (χ4v) is 2.80. The summed E-state index contributed by atoms with van der Waals surface area (Å²) in [5.74, 6) is 0.183. The topological polar surface area (TPSA) is 72.4 Å². The first-order chi connectivity index (χ1) is 12.3. The number of fused-ring (bicyclic) bond motifs is 3. The van der Waals surface area contributed by atoms with E-state index in [-0.39, 0.29) is 11.5 Å². The van der Waals surface area contributed by atoms with Crippen LogP contribution in [-0.2, 0) is 12.7 Å². The van der Waals surface area contributed by atoms with Gasteiger partial charge in [0.1, 0.15) is 22.7 Å². The van der Waals surface area contributed by atoms with Gasteiger partial charge in [-0.3, -0.25) is 4.40 Å². The first-order valence-corrected chi connectivity index (χ1v) is 7.63. The molecule has 0 amide bonds. The Morgan fingerprint density at radius 1 is 1.19 bits per heavy atom. The summed E-state index contributed by atoms with van der Waals surface area (Å²) in [6.07, 6.45) is -1.83. The zero-order valence-electron chi connectivity index (χ0n) is 13.8. The normalized spacial score (nSPS) is 12.5. The van der Waals surface area contributed by atoms with Gasteiger partial charge in [-0.15, -0.1) is 10.2 Å². The maximum absolute atomic E-state index is 13.1. The molecule has 4 aromatic rings. The van der Waals surface area contributed by atoms with Crippen molar-refractivity contribution in [3.05, 3.63) is 42.0 Å². The molecule has 26 heavy (non-hydrogen) atoms. The third-order valence-electron chi connectivity index (χ3n) is 3.84. The molecule has 0 aliphatic rings. The van der Waals surface area contributed by atoms with Crippen molar-refractivity contribution in [2.45, 2.75) is 12.7 Å². The van der Waals surface area contributed by atoms with Gasteiger partial charge in [-0.05, 0) is 37.9 Å². The molecule has 0 bridgehead atoms. The molecule has 0 aromatic carbocycles. The highest BCUT2D eigenvalue weighted by molar-refractivity contribution is 5.83. The highest BCUT2D eigenvalue weighted by atomic mass is 19.4. The van der Waals surface area contributed by atoms with Crippen molar-refractivity contribution >= 4 is 16.7 Å². The van der Waals surface area contributed by atoms with Gasteiger partial charge in [0.2, 0.25) is 6.39 Å². The summed E-state index contributed by atoms with van der Waals surface area (Å²) in [7, 11) is 3.76. The van der Waals surface area contributed by atoms with Crippen LogP contribution in [0.2, 0.25) is 0 Å². The van der Waals surface area contributed by atoms with E-state index in [2.05, 4.69) is 20.2 Å². The van der Waals surface area contributed by atoms with Gasteiger partial charge >= 0.3 is 6.18 Å². The molecule has 7 nitrogen and oxygen atoms in total. The summed E-state index contributed by atoms with van der Waals surface area (Å²) >= 11 is 0. The van der Waals surface area contributed by atoms with E-state index in [1.54, 1.807) is 0 Å². The Hall–Kier alpha value is -3.01. The molecular formula is C16H13F3N6O. The van der Waals surface area contributed by atoms with E-state index in [9.17, 15) is 13.2 Å². The second kappa shape index (κ2) is 5.77. The van der Waals surface area contributed by atoms with Gasteiger partial charge in [-0.1, -0.05) is 0 Å². The summed E-state index contributed by atoms with van der Waals surface area (Å²) in [5, 5.41) is 8.00. The number of hydrogen-bond acceptors (Lipinski definition) is 6. The Bertz CT molecular complexity index is 1080. The van der Waals surface area contributed by atoms with Gasteiger partial charge < -0.3 is 9.32 Å². The van der Waals surface area contributed by atoms with Crippen LogP contribution >= 0.6 is 0 Å². The maximum Gasteiger partial charge on any atom is 0.433 e. The molecule has 0 saturated carbocycles. The van der Waals surface area contributed by atoms with E-state index in [0.29, 0.717) is 23.3 Å². The minimum atomic E-state index is -4.53. The van der Waals surface area contributed by atoms with Crippen LogP contribution in [0.4, 0.5) is 13.2 Å². The van der Waals surface area contributed by atoms with Crippen LogP contribution in [0.5, 0.6) is 0 Å². The van der Waals surface area contributed by atoms with Crippen LogP contribution < -0.4 is 0 Å². The Kier molecular flexibility index (Phi) is 3.65. The molecule has 0 radical (unpaired) electrons. The van der Waals surface area contributed by atoms with Crippen molar-refractivity contribution in [1.29, 1.82) is 0 Å². The van der Waals surface area contributed by atoms with Gasteiger partial charge in [0.15, 0.2) is 0 Å². The number of imidazole rings is 1. The van der Waals surface area contributed by atoms with Crippen molar-refractivity contribution in [2.24, 2.45) is 0 Å². The summed E-state index contributed by atoms with van der Waals surface area (Å²) in [5.41, 5.74) is 0.856. The lowest BCUT2D eigenvalue weighted by Gasteiger charge is -2.14. The number of pyridine rings is 2. The molecule has 0 unspecified atom stereocenters. The van der Waals surface area contributed by atoms with Crippen LogP contribution in [-0.4, -0.2) is 43.6 Å². The minimum Gasteiger partial charge on any atom is -0.422 e. The van der Waals surface area contributed by atoms with E-state index >= 15 is 0 Å². The van der Waals surface area contributed by atoms with Crippen LogP contribution in [0, 0.1) is 0 Å². The third-order valence-corrected chi connectivity index (χ3v) is 3.84. The highest BCUT2D eigenvalue weighted by Crippen LogP contribution is 2.31. The molecule has 0 aliphatic carbocycles. The van der Waals surface area contributed by atoms with Crippen molar-refractivity contribution in [3.63, 3.8) is 0 Å². The molecule has 0 spiro atoms. The van der Waals surface area contributed by atoms with Crippen LogP contribution in [0.3, 0.4) is 0 Å². The molecule has 0 N–H and O–H groups in total. The summed E-state index contributed by atoms with van der Waals surface area (Å²) in [6, 6.07) is 4.25. The molecule has 0 fully saturated rings. The Morgan fingerprint density at radius 2 is 2.00 bits per heavy atom. The van der Waals surface area contributed by atoms with Crippen LogP contribution in [0.25, 0.3) is 28.3 Å². The first-order valence-electron chi connectivity index (χ1n) is 7.63. The van der Waals surface area contributed by atoms with Gasteiger partial charge in [0.25, 0.3) is 5.89 Å². The lowest BCUT2D eigenvalue weighted by atomic mass is 10.1. The zero-order chi connectivity index (χ0) is 18.5. The number of alkyl halides is 3. The lowest BCUT2D eigenvalue weighted by Crippen LogP contribution is -2.13. The predicted octanol–water partition coefficient (Wildman–Crippen LogP) is 3.01. The SMILES string of the molecule is CN(C)Cc1cc2nc(-c3nnco3)cn2c2nc(C(F)(F)F)ccc12. The van der Waals surface area contributed by atoms with E-state index in [4.69, 9.17) is 4.42 Å². The van der Waals surface area contributed by atoms with E-state index < -0.39 is 11.9 Å². The van der Waals surface area contributed by atoms with E-state index in [1.807, 2.05) is 25.1 Å². The Balaban J connectivity index is 2.03. The zero-order valence-corrected chi connectivity index (χ0v) is 13.8. The van der Waals surface area contributed by atoms with E-state index in [1.165, 1.54) is 16.7 Å². The van der Waals surface area contributed by atoms with Crippen LogP contribution in [0.1, 0.15) is 11.3 Å². The monoisotopic (exact) mass is 362 g/mol. The fourth-order valence-electron chi connectivity index (χ4n) is 2.80. The van der Waals surface area contributed by atoms with Crippen molar-refractivity contribution in [3.8, 4) is 11.6 Å². The first kappa shape index (κ1) is 16.5. The lowest BCUT2D eigenvalue weighted by molar-refractivity contribution is -0.141. The molecule has 0 atom stereocenters. The number of nitrogens with zero attached hydrogens (tertiary/aromatic N) is 6. The van der Waals surface area contributed by atoms with Crippen LogP contribution in [0.15, 0.2) is 35.2 Å². The molecule has 0 saturated heterocycles. The third kappa shape index (κ3) is 2.77. The Labute approximate surface area is 145 Å².